The molecule has 22 heavy (non-hydrogen) atoms. The molecule has 1 amide bonds. The minimum absolute atomic E-state index is 0.0447. The normalized spacial score (nSPS) is 29.0. The van der Waals surface area contributed by atoms with Gasteiger partial charge in [0.1, 0.15) is 30.1 Å². The maximum absolute atomic E-state index is 11.4. The van der Waals surface area contributed by atoms with Crippen LogP contribution >= 0.6 is 0 Å². The van der Waals surface area contributed by atoms with Gasteiger partial charge in [-0.1, -0.05) is 5.92 Å². The summed E-state index contributed by atoms with van der Waals surface area (Å²) in [6.45, 7) is 0.949. The van der Waals surface area contributed by atoms with Crippen LogP contribution < -0.4 is 5.73 Å². The van der Waals surface area contributed by atoms with E-state index in [1.165, 1.54) is 17.8 Å². The molecule has 1 aromatic rings. The van der Waals surface area contributed by atoms with Crippen molar-refractivity contribution in [3.05, 3.63) is 17.7 Å². The minimum Gasteiger partial charge on any atom is -0.394 e. The first-order valence-corrected chi connectivity index (χ1v) is 6.55. The number of nitrogens with zero attached hydrogens (tertiary/aromatic N) is 2. The van der Waals surface area contributed by atoms with Gasteiger partial charge in [0.05, 0.1) is 12.9 Å². The predicted octanol–water partition coefficient (Wildman–Crippen LogP) is -2.67. The van der Waals surface area contributed by atoms with Crippen molar-refractivity contribution >= 4 is 5.91 Å². The molecule has 9 nitrogen and oxygen atoms in total. The number of carbonyl (C=O) groups is 1. The van der Waals surface area contributed by atoms with Crippen LogP contribution in [0.2, 0.25) is 0 Å². The number of hydrogen-bond donors (Lipinski definition) is 5. The molecule has 0 aromatic carbocycles. The Labute approximate surface area is 126 Å². The van der Waals surface area contributed by atoms with Gasteiger partial charge >= 0.3 is 0 Å². The SMILES string of the molecule is CC(O)C#Cc1c(C(N)=O)ncn1C1O[C@H](CO)[C@@H](O)[C@H]1O. The molecule has 1 aliphatic rings. The Balaban J connectivity index is 2.44. The molecule has 2 unspecified atom stereocenters. The van der Waals surface area contributed by atoms with Gasteiger partial charge in [-0.15, -0.1) is 0 Å². The second-order valence-electron chi connectivity index (χ2n) is 4.89. The zero-order chi connectivity index (χ0) is 16.4. The molecular weight excluding hydrogens is 294 g/mol. The van der Waals surface area contributed by atoms with Gasteiger partial charge in [0, 0.05) is 0 Å². The maximum atomic E-state index is 11.4. The molecule has 2 rings (SSSR count). The lowest BCUT2D eigenvalue weighted by Gasteiger charge is -2.17. The van der Waals surface area contributed by atoms with Crippen LogP contribution in [0.15, 0.2) is 6.33 Å². The molecule has 1 fully saturated rings. The Morgan fingerprint density at radius 3 is 2.73 bits per heavy atom. The topological polar surface area (TPSA) is 151 Å². The lowest BCUT2D eigenvalue weighted by Crippen LogP contribution is -2.33. The first kappa shape index (κ1) is 16.4. The lowest BCUT2D eigenvalue weighted by molar-refractivity contribution is -0.0531. The summed E-state index contributed by atoms with van der Waals surface area (Å²) in [6, 6.07) is 0. The third-order valence-corrected chi connectivity index (χ3v) is 3.22. The fourth-order valence-electron chi connectivity index (χ4n) is 2.14. The first-order valence-electron chi connectivity index (χ1n) is 6.55. The van der Waals surface area contributed by atoms with Crippen molar-refractivity contribution in [3.8, 4) is 11.8 Å². The number of aliphatic hydroxyl groups excluding tert-OH is 4. The maximum Gasteiger partial charge on any atom is 0.270 e. The Morgan fingerprint density at radius 1 is 1.55 bits per heavy atom. The molecule has 6 N–H and O–H groups in total. The van der Waals surface area contributed by atoms with E-state index in [1.54, 1.807) is 0 Å². The number of rotatable bonds is 3. The summed E-state index contributed by atoms with van der Waals surface area (Å²) in [6.07, 6.45) is -4.48. The van der Waals surface area contributed by atoms with Crippen molar-refractivity contribution in [1.29, 1.82) is 0 Å². The van der Waals surface area contributed by atoms with Crippen LogP contribution in [0.4, 0.5) is 0 Å². The summed E-state index contributed by atoms with van der Waals surface area (Å²) in [4.78, 5) is 15.2. The number of primary amides is 1. The first-order chi connectivity index (χ1) is 10.4. The highest BCUT2D eigenvalue weighted by molar-refractivity contribution is 5.93. The Kier molecular flexibility index (Phi) is 4.80. The van der Waals surface area contributed by atoms with Crippen LogP contribution in [0.25, 0.3) is 0 Å². The molecule has 1 aliphatic heterocycles. The fraction of sp³-hybridized carbons (Fsp3) is 0.538. The smallest absolute Gasteiger partial charge is 0.270 e. The van der Waals surface area contributed by atoms with Crippen molar-refractivity contribution in [2.45, 2.75) is 37.6 Å². The van der Waals surface area contributed by atoms with Gasteiger partial charge in [0.15, 0.2) is 11.9 Å². The van der Waals surface area contributed by atoms with Gasteiger partial charge in [0.25, 0.3) is 5.91 Å². The second kappa shape index (κ2) is 6.43. The third kappa shape index (κ3) is 2.96. The molecule has 2 heterocycles. The number of aromatic nitrogens is 2. The van der Waals surface area contributed by atoms with Crippen LogP contribution in [0.3, 0.4) is 0 Å². The molecule has 0 saturated carbocycles. The van der Waals surface area contributed by atoms with E-state index in [0.29, 0.717) is 0 Å². The van der Waals surface area contributed by atoms with E-state index in [2.05, 4.69) is 16.8 Å². The van der Waals surface area contributed by atoms with Gasteiger partial charge < -0.3 is 30.9 Å². The van der Waals surface area contributed by atoms with E-state index in [0.717, 1.165) is 0 Å². The summed E-state index contributed by atoms with van der Waals surface area (Å²) in [5.41, 5.74) is 5.11. The Hall–Kier alpha value is -1.96. The summed E-state index contributed by atoms with van der Waals surface area (Å²) >= 11 is 0. The number of carbonyl (C=O) groups excluding carboxylic acids is 1. The lowest BCUT2D eigenvalue weighted by atomic mass is 10.1. The molecule has 9 heteroatoms. The summed E-state index contributed by atoms with van der Waals surface area (Å²) in [7, 11) is 0. The van der Waals surface area contributed by atoms with Crippen molar-refractivity contribution in [1.82, 2.24) is 9.55 Å². The van der Waals surface area contributed by atoms with Crippen LogP contribution in [0.5, 0.6) is 0 Å². The molecule has 0 aliphatic carbocycles. The molecular formula is C13H17N3O6. The van der Waals surface area contributed by atoms with E-state index < -0.39 is 43.2 Å². The van der Waals surface area contributed by atoms with E-state index in [1.807, 2.05) is 0 Å². The number of nitrogens with two attached hydrogens (primary N) is 1. The molecule has 1 aromatic heterocycles. The predicted molar refractivity (Wildman–Crippen MR) is 72.3 cm³/mol. The summed E-state index contributed by atoms with van der Waals surface area (Å²) < 4.78 is 6.59. The van der Waals surface area contributed by atoms with Gasteiger partial charge in [0.2, 0.25) is 0 Å². The van der Waals surface area contributed by atoms with Crippen LogP contribution in [-0.4, -0.2) is 66.9 Å². The summed E-state index contributed by atoms with van der Waals surface area (Å²) in [5, 5.41) is 38.1. The zero-order valence-electron chi connectivity index (χ0n) is 11.7. The average Bonchev–Trinajstić information content (AvgIpc) is 2.99. The highest BCUT2D eigenvalue weighted by Crippen LogP contribution is 2.30. The van der Waals surface area contributed by atoms with Crippen molar-refractivity contribution in [2.24, 2.45) is 5.73 Å². The zero-order valence-corrected chi connectivity index (χ0v) is 11.7. The number of hydrogen-bond acceptors (Lipinski definition) is 7. The standard InChI is InChI=1S/C13H17N3O6/c1-6(18)2-3-7-9(12(14)21)15-5-16(7)13-11(20)10(19)8(4-17)22-13/h5-6,8,10-11,13,17-20H,4H2,1H3,(H2,14,21)/t6?,8-,10-,11-,13?/m1/s1. The van der Waals surface area contributed by atoms with Crippen molar-refractivity contribution < 1.29 is 30.0 Å². The van der Waals surface area contributed by atoms with E-state index in [9.17, 15) is 20.1 Å². The number of aliphatic hydroxyl groups is 4. The van der Waals surface area contributed by atoms with Crippen molar-refractivity contribution in [2.75, 3.05) is 6.61 Å². The monoisotopic (exact) mass is 311 g/mol. The molecule has 0 spiro atoms. The molecule has 120 valence electrons. The number of amides is 1. The fourth-order valence-corrected chi connectivity index (χ4v) is 2.14. The average molecular weight is 311 g/mol. The van der Waals surface area contributed by atoms with Crippen molar-refractivity contribution in [3.63, 3.8) is 0 Å². The minimum atomic E-state index is -1.35. The Morgan fingerprint density at radius 2 is 2.23 bits per heavy atom. The quantitative estimate of drug-likeness (QED) is 0.382. The molecule has 5 atom stereocenters. The van der Waals surface area contributed by atoms with Crippen LogP contribution in [-0.2, 0) is 4.74 Å². The van der Waals surface area contributed by atoms with Gasteiger partial charge in [-0.2, -0.15) is 0 Å². The highest BCUT2D eigenvalue weighted by Gasteiger charge is 2.44. The van der Waals surface area contributed by atoms with Gasteiger partial charge in [-0.05, 0) is 12.8 Å². The van der Waals surface area contributed by atoms with E-state index in [4.69, 9.17) is 15.6 Å². The van der Waals surface area contributed by atoms with Gasteiger partial charge in [-0.25, -0.2) is 4.98 Å². The molecule has 0 radical (unpaired) electrons. The molecule has 0 bridgehead atoms. The Bertz CT molecular complexity index is 617. The van der Waals surface area contributed by atoms with Crippen LogP contribution in [0.1, 0.15) is 29.3 Å². The largest absolute Gasteiger partial charge is 0.394 e. The van der Waals surface area contributed by atoms with Crippen LogP contribution in [0, 0.1) is 11.8 Å². The second-order valence-corrected chi connectivity index (χ2v) is 4.89. The number of imidazole rings is 1. The molecule has 1 saturated heterocycles. The highest BCUT2D eigenvalue weighted by atomic mass is 16.6. The third-order valence-electron chi connectivity index (χ3n) is 3.22. The van der Waals surface area contributed by atoms with Gasteiger partial charge in [-0.3, -0.25) is 9.36 Å². The van der Waals surface area contributed by atoms with E-state index in [-0.39, 0.29) is 11.4 Å². The van der Waals surface area contributed by atoms with E-state index >= 15 is 0 Å². The summed E-state index contributed by atoms with van der Waals surface area (Å²) in [5.74, 6) is 4.17. The number of ether oxygens (including phenoxy) is 1.